The Morgan fingerprint density at radius 3 is 1.82 bits per heavy atom. The number of alkyl halides is 9. The van der Waals surface area contributed by atoms with E-state index in [0.29, 0.717) is 6.07 Å². The summed E-state index contributed by atoms with van der Waals surface area (Å²) in [6, 6.07) is 3.60. The fourth-order valence-electron chi connectivity index (χ4n) is 2.36. The van der Waals surface area contributed by atoms with Gasteiger partial charge in [-0.05, 0) is 69.4 Å². The predicted octanol–water partition coefficient (Wildman–Crippen LogP) is 7.54. The normalized spacial score (nSPS) is 15.4. The first-order valence-electron chi connectivity index (χ1n) is 6.85. The van der Waals surface area contributed by atoms with Crippen LogP contribution in [0.2, 0.25) is 5.15 Å². The Labute approximate surface area is 183 Å². The number of halogens is 12. The first-order chi connectivity index (χ1) is 12.5. The smallest absolute Gasteiger partial charge is 0.244 e. The van der Waals surface area contributed by atoms with Crippen LogP contribution in [0.4, 0.5) is 39.5 Å². The van der Waals surface area contributed by atoms with E-state index in [1.165, 1.54) is 51.2 Å². The largest absolute Gasteiger partial charge is 0.457 e. The summed E-state index contributed by atoms with van der Waals surface area (Å²) >= 11 is 8.37. The Morgan fingerprint density at radius 2 is 1.39 bits per heavy atom. The summed E-state index contributed by atoms with van der Waals surface area (Å²) in [5.74, 6) is -6.76. The third kappa shape index (κ3) is 3.91. The first-order valence-corrected chi connectivity index (χ1v) is 9.39. The number of nitrogens with zero attached hydrogens (tertiary/aromatic N) is 1. The second-order valence-electron chi connectivity index (χ2n) is 5.41. The molecular weight excluding hydrogens is 654 g/mol. The fourth-order valence-corrected chi connectivity index (χ4v) is 4.63. The van der Waals surface area contributed by atoms with E-state index in [1.54, 1.807) is 0 Å². The lowest BCUT2D eigenvalue weighted by Gasteiger charge is -2.37. The van der Waals surface area contributed by atoms with Crippen molar-refractivity contribution in [1.29, 1.82) is 0 Å². The molecule has 154 valence electrons. The molecule has 1 unspecified atom stereocenters. The first kappa shape index (κ1) is 23.8. The van der Waals surface area contributed by atoms with E-state index in [9.17, 15) is 35.1 Å². The number of benzene rings is 1. The molecule has 0 fully saturated rings. The number of pyridine rings is 1. The number of hydrogen-bond donors (Lipinski definition) is 0. The number of hydrogen-bond acceptors (Lipinski definition) is 1. The van der Waals surface area contributed by atoms with Crippen molar-refractivity contribution < 1.29 is 39.5 Å². The summed E-state index contributed by atoms with van der Waals surface area (Å²) in [6.45, 7) is 0. The highest BCUT2D eigenvalue weighted by Gasteiger charge is 2.82. The molecular formula is C15H5ClF9I2N. The van der Waals surface area contributed by atoms with Crippen LogP contribution >= 0.6 is 56.8 Å². The summed E-state index contributed by atoms with van der Waals surface area (Å²) in [6.07, 6.45) is -12.5. The van der Waals surface area contributed by atoms with Crippen LogP contribution in [0.5, 0.6) is 0 Å². The highest BCUT2D eigenvalue weighted by atomic mass is 127. The molecule has 0 spiro atoms. The van der Waals surface area contributed by atoms with Gasteiger partial charge in [0.25, 0.3) is 0 Å². The molecule has 2 rings (SSSR count). The van der Waals surface area contributed by atoms with Crippen LogP contribution in [0.3, 0.4) is 0 Å². The summed E-state index contributed by atoms with van der Waals surface area (Å²) in [5, 5.41) is -0.117. The van der Waals surface area contributed by atoms with Crippen molar-refractivity contribution >= 4 is 56.8 Å². The standard InChI is InChI=1S/C15H5ClF9I2N/c16-10-2-1-6(5-28-10)11-8(3-7(26)4-9(11)27)12(17,14(20,21)22)13(18,19)15(23,24)25/h1-5H. The van der Waals surface area contributed by atoms with Crippen LogP contribution in [0.15, 0.2) is 30.5 Å². The molecule has 1 heterocycles. The molecule has 1 nitrogen and oxygen atoms in total. The molecule has 13 heteroatoms. The molecule has 2 aromatic rings. The van der Waals surface area contributed by atoms with E-state index in [0.717, 1.165) is 18.3 Å². The zero-order valence-electron chi connectivity index (χ0n) is 12.9. The zero-order chi connectivity index (χ0) is 21.7. The summed E-state index contributed by atoms with van der Waals surface area (Å²) in [5.41, 5.74) is -9.03. The molecule has 0 aliphatic heterocycles. The van der Waals surface area contributed by atoms with Crippen molar-refractivity contribution in [2.75, 3.05) is 0 Å². The molecule has 0 saturated carbocycles. The molecule has 0 aliphatic rings. The van der Waals surface area contributed by atoms with Gasteiger partial charge in [0.15, 0.2) is 0 Å². The van der Waals surface area contributed by atoms with Crippen molar-refractivity contribution in [3.05, 3.63) is 48.3 Å². The number of rotatable bonds is 3. The predicted molar refractivity (Wildman–Crippen MR) is 100.0 cm³/mol. The third-order valence-corrected chi connectivity index (χ3v) is 5.32. The molecule has 0 aliphatic carbocycles. The van der Waals surface area contributed by atoms with E-state index in [2.05, 4.69) is 4.98 Å². The van der Waals surface area contributed by atoms with Gasteiger partial charge < -0.3 is 0 Å². The van der Waals surface area contributed by atoms with Crippen molar-refractivity contribution in [2.45, 2.75) is 23.9 Å². The maximum Gasteiger partial charge on any atom is 0.457 e. The molecule has 0 N–H and O–H groups in total. The Balaban J connectivity index is 2.98. The van der Waals surface area contributed by atoms with Crippen LogP contribution < -0.4 is 0 Å². The minimum atomic E-state index is -6.81. The molecule has 1 aromatic carbocycles. The van der Waals surface area contributed by atoms with Gasteiger partial charge >= 0.3 is 23.9 Å². The fraction of sp³-hybridized carbons (Fsp3) is 0.267. The van der Waals surface area contributed by atoms with Crippen molar-refractivity contribution in [2.24, 2.45) is 0 Å². The maximum atomic E-state index is 15.0. The topological polar surface area (TPSA) is 12.9 Å². The Hall–Kier alpha value is -0.510. The maximum absolute atomic E-state index is 15.0. The van der Waals surface area contributed by atoms with Crippen LogP contribution in [-0.4, -0.2) is 23.3 Å². The van der Waals surface area contributed by atoms with Gasteiger partial charge in [-0.3, -0.25) is 0 Å². The van der Waals surface area contributed by atoms with Crippen LogP contribution in [-0.2, 0) is 5.67 Å². The average Bonchev–Trinajstić information content (AvgIpc) is 2.52. The van der Waals surface area contributed by atoms with Crippen molar-refractivity contribution in [1.82, 2.24) is 4.98 Å². The van der Waals surface area contributed by atoms with E-state index in [-0.39, 0.29) is 17.9 Å². The molecule has 1 atom stereocenters. The highest BCUT2D eigenvalue weighted by molar-refractivity contribution is 14.1. The molecule has 28 heavy (non-hydrogen) atoms. The SMILES string of the molecule is FC(F)(F)C(F)(F)C(F)(c1cc(I)cc(I)c1-c1ccc(Cl)nc1)C(F)(F)F. The van der Waals surface area contributed by atoms with Gasteiger partial charge in [0.05, 0.1) is 0 Å². The molecule has 1 aromatic heterocycles. The van der Waals surface area contributed by atoms with Gasteiger partial charge in [0.2, 0.25) is 0 Å². The van der Waals surface area contributed by atoms with Crippen LogP contribution in [0.25, 0.3) is 11.1 Å². The van der Waals surface area contributed by atoms with Gasteiger partial charge in [-0.15, -0.1) is 0 Å². The van der Waals surface area contributed by atoms with E-state index in [1.807, 2.05) is 0 Å². The lowest BCUT2D eigenvalue weighted by Crippen LogP contribution is -2.60. The van der Waals surface area contributed by atoms with Crippen LogP contribution in [0, 0.1) is 7.14 Å². The van der Waals surface area contributed by atoms with Crippen molar-refractivity contribution in [3.63, 3.8) is 0 Å². The third-order valence-electron chi connectivity index (χ3n) is 3.62. The van der Waals surface area contributed by atoms with Gasteiger partial charge in [0.1, 0.15) is 5.15 Å². The molecule has 0 bridgehead atoms. The van der Waals surface area contributed by atoms with Crippen molar-refractivity contribution in [3.8, 4) is 11.1 Å². The zero-order valence-corrected chi connectivity index (χ0v) is 17.9. The Bertz CT molecular complexity index is 881. The van der Waals surface area contributed by atoms with Crippen LogP contribution in [0.1, 0.15) is 5.56 Å². The van der Waals surface area contributed by atoms with Gasteiger partial charge in [-0.2, -0.15) is 35.1 Å². The lowest BCUT2D eigenvalue weighted by atomic mass is 9.83. The van der Waals surface area contributed by atoms with E-state index < -0.39 is 35.1 Å². The molecule has 0 saturated heterocycles. The second kappa shape index (κ2) is 7.63. The van der Waals surface area contributed by atoms with Gasteiger partial charge in [0, 0.05) is 30.0 Å². The highest BCUT2D eigenvalue weighted by Crippen LogP contribution is 2.60. The van der Waals surface area contributed by atoms with Gasteiger partial charge in [-0.1, -0.05) is 11.6 Å². The Morgan fingerprint density at radius 1 is 0.821 bits per heavy atom. The molecule has 0 amide bonds. The summed E-state index contributed by atoms with van der Waals surface area (Å²) in [4.78, 5) is 3.56. The monoisotopic (exact) mass is 659 g/mol. The Kier molecular flexibility index (Phi) is 6.48. The van der Waals surface area contributed by atoms with E-state index >= 15 is 4.39 Å². The quantitative estimate of drug-likeness (QED) is 0.189. The lowest BCUT2D eigenvalue weighted by molar-refractivity contribution is -0.389. The minimum Gasteiger partial charge on any atom is -0.244 e. The summed E-state index contributed by atoms with van der Waals surface area (Å²) < 4.78 is 121. The van der Waals surface area contributed by atoms with E-state index in [4.69, 9.17) is 11.6 Å². The number of aromatic nitrogens is 1. The summed E-state index contributed by atoms with van der Waals surface area (Å²) in [7, 11) is 0. The molecule has 0 radical (unpaired) electrons. The van der Waals surface area contributed by atoms with Gasteiger partial charge in [-0.25, -0.2) is 9.37 Å². The minimum absolute atomic E-state index is 0.117. The average molecular weight is 659 g/mol. The second-order valence-corrected chi connectivity index (χ2v) is 8.20.